The van der Waals surface area contributed by atoms with Gasteiger partial charge in [0.25, 0.3) is 5.56 Å². The minimum Gasteiger partial charge on any atom is -0.378 e. The van der Waals surface area contributed by atoms with Gasteiger partial charge in [-0.15, -0.1) is 0 Å². The van der Waals surface area contributed by atoms with Crippen LogP contribution in [-0.4, -0.2) is 54.3 Å². The number of piperidine rings is 1. The summed E-state index contributed by atoms with van der Waals surface area (Å²) >= 11 is 0. The molecule has 1 atom stereocenters. The maximum Gasteiger partial charge on any atom is 0.252 e. The van der Waals surface area contributed by atoms with Gasteiger partial charge in [-0.25, -0.2) is 9.37 Å². The third-order valence-corrected chi connectivity index (χ3v) is 5.30. The van der Waals surface area contributed by atoms with Crippen molar-refractivity contribution in [3.63, 3.8) is 0 Å². The minimum absolute atomic E-state index is 0.0999. The van der Waals surface area contributed by atoms with E-state index in [0.29, 0.717) is 19.2 Å². The van der Waals surface area contributed by atoms with Gasteiger partial charge < -0.3 is 9.64 Å². The second-order valence-electron chi connectivity index (χ2n) is 7.29. The van der Waals surface area contributed by atoms with Crippen LogP contribution in [0.25, 0.3) is 0 Å². The molecule has 4 rings (SSSR count). The molecule has 1 aromatic heterocycles. The number of hydrogen-bond donors (Lipinski definition) is 1. The monoisotopic (exact) mass is 372 g/mol. The van der Waals surface area contributed by atoms with Gasteiger partial charge in [-0.1, -0.05) is 12.1 Å². The van der Waals surface area contributed by atoms with Crippen LogP contribution < -0.4 is 10.5 Å². The lowest BCUT2D eigenvalue weighted by molar-refractivity contribution is 0.122. The molecule has 2 aliphatic heterocycles. The maximum absolute atomic E-state index is 13.1. The number of likely N-dealkylation sites (tertiary alicyclic amines) is 1. The summed E-state index contributed by atoms with van der Waals surface area (Å²) in [6, 6.07) is 8.31. The van der Waals surface area contributed by atoms with Crippen LogP contribution in [0.5, 0.6) is 0 Å². The van der Waals surface area contributed by atoms with Crippen LogP contribution in [-0.2, 0) is 11.3 Å². The van der Waals surface area contributed by atoms with Crippen molar-refractivity contribution in [1.82, 2.24) is 14.9 Å². The van der Waals surface area contributed by atoms with Gasteiger partial charge in [0, 0.05) is 38.2 Å². The molecule has 0 aliphatic carbocycles. The first kappa shape index (κ1) is 18.1. The fraction of sp³-hybridized carbons (Fsp3) is 0.500. The van der Waals surface area contributed by atoms with Gasteiger partial charge in [-0.3, -0.25) is 14.7 Å². The second kappa shape index (κ2) is 8.19. The lowest BCUT2D eigenvalue weighted by atomic mass is 9.94. The van der Waals surface area contributed by atoms with E-state index < -0.39 is 0 Å². The Labute approximate surface area is 158 Å². The topological polar surface area (TPSA) is 61.5 Å². The predicted molar refractivity (Wildman–Crippen MR) is 102 cm³/mol. The van der Waals surface area contributed by atoms with Crippen molar-refractivity contribution in [2.24, 2.45) is 0 Å². The third kappa shape index (κ3) is 4.54. The maximum atomic E-state index is 13.1. The molecule has 0 spiro atoms. The molecule has 1 N–H and O–H groups in total. The highest BCUT2D eigenvalue weighted by atomic mass is 19.1. The molecule has 1 aromatic carbocycles. The van der Waals surface area contributed by atoms with Crippen molar-refractivity contribution in [3.05, 3.63) is 57.8 Å². The van der Waals surface area contributed by atoms with Crippen LogP contribution in [0.3, 0.4) is 0 Å². The van der Waals surface area contributed by atoms with Crippen LogP contribution >= 0.6 is 0 Å². The number of ether oxygens (including phenoxy) is 1. The van der Waals surface area contributed by atoms with E-state index in [1.165, 1.54) is 12.1 Å². The number of rotatable bonds is 4. The summed E-state index contributed by atoms with van der Waals surface area (Å²) in [6.07, 6.45) is 2.09. The fourth-order valence-electron chi connectivity index (χ4n) is 3.89. The summed E-state index contributed by atoms with van der Waals surface area (Å²) in [5.41, 5.74) is 1.87. The smallest absolute Gasteiger partial charge is 0.252 e. The number of nitrogens with one attached hydrogen (secondary N) is 1. The van der Waals surface area contributed by atoms with E-state index in [1.807, 2.05) is 12.1 Å². The number of H-pyrrole nitrogens is 1. The molecule has 1 unspecified atom stereocenters. The molecule has 0 saturated carbocycles. The highest BCUT2D eigenvalue weighted by molar-refractivity contribution is 5.31. The van der Waals surface area contributed by atoms with E-state index in [9.17, 15) is 9.18 Å². The Morgan fingerprint density at radius 3 is 2.74 bits per heavy atom. The van der Waals surface area contributed by atoms with Gasteiger partial charge >= 0.3 is 0 Å². The second-order valence-corrected chi connectivity index (χ2v) is 7.29. The molecule has 2 saturated heterocycles. The van der Waals surface area contributed by atoms with Crippen molar-refractivity contribution in [3.8, 4) is 0 Å². The number of morpholine rings is 1. The standard InChI is InChI=1S/C20H25FN4O2/c21-17-5-3-15(4-6-17)13-24-7-1-2-16(14-24)18-12-19(26)23-20(22-18)25-8-10-27-11-9-25/h3-6,12,16H,1-2,7-11,13-14H2,(H,22,23,26). The number of halogens is 1. The Balaban J connectivity index is 1.48. The van der Waals surface area contributed by atoms with Crippen molar-refractivity contribution < 1.29 is 9.13 Å². The number of aromatic amines is 1. The molecule has 7 heteroatoms. The summed E-state index contributed by atoms with van der Waals surface area (Å²) in [4.78, 5) is 24.3. The van der Waals surface area contributed by atoms with Gasteiger partial charge in [0.2, 0.25) is 5.95 Å². The highest BCUT2D eigenvalue weighted by Gasteiger charge is 2.24. The Morgan fingerprint density at radius 2 is 1.96 bits per heavy atom. The number of nitrogens with zero attached hydrogens (tertiary/aromatic N) is 3. The van der Waals surface area contributed by atoms with Crippen LogP contribution in [0.2, 0.25) is 0 Å². The zero-order valence-corrected chi connectivity index (χ0v) is 15.4. The van der Waals surface area contributed by atoms with Crippen molar-refractivity contribution in [1.29, 1.82) is 0 Å². The molecular weight excluding hydrogens is 347 g/mol. The first-order valence-electron chi connectivity index (χ1n) is 9.58. The number of anilines is 1. The van der Waals surface area contributed by atoms with E-state index in [-0.39, 0.29) is 17.3 Å². The highest BCUT2D eigenvalue weighted by Crippen LogP contribution is 2.27. The largest absolute Gasteiger partial charge is 0.378 e. The van der Waals surface area contributed by atoms with Gasteiger partial charge in [-0.2, -0.15) is 0 Å². The molecule has 0 bridgehead atoms. The minimum atomic E-state index is -0.210. The molecule has 0 radical (unpaired) electrons. The van der Waals surface area contributed by atoms with Gasteiger partial charge in [0.1, 0.15) is 5.82 Å². The van der Waals surface area contributed by atoms with E-state index >= 15 is 0 Å². The van der Waals surface area contributed by atoms with Gasteiger partial charge in [0.05, 0.1) is 18.9 Å². The fourth-order valence-corrected chi connectivity index (χ4v) is 3.89. The van der Waals surface area contributed by atoms with E-state index in [0.717, 1.165) is 56.8 Å². The summed E-state index contributed by atoms with van der Waals surface area (Å²) in [5, 5.41) is 0. The third-order valence-electron chi connectivity index (χ3n) is 5.30. The van der Waals surface area contributed by atoms with Crippen LogP contribution in [0.4, 0.5) is 10.3 Å². The quantitative estimate of drug-likeness (QED) is 0.891. The van der Waals surface area contributed by atoms with Crippen molar-refractivity contribution in [2.45, 2.75) is 25.3 Å². The van der Waals surface area contributed by atoms with Gasteiger partial charge in [-0.05, 0) is 37.1 Å². The molecule has 2 aromatic rings. The normalized spacial score (nSPS) is 21.4. The molecule has 144 valence electrons. The Kier molecular flexibility index (Phi) is 5.50. The summed E-state index contributed by atoms with van der Waals surface area (Å²) in [5.74, 6) is 0.677. The summed E-state index contributed by atoms with van der Waals surface area (Å²) in [7, 11) is 0. The first-order chi connectivity index (χ1) is 13.2. The molecule has 6 nitrogen and oxygen atoms in total. The molecule has 2 fully saturated rings. The van der Waals surface area contributed by atoms with Gasteiger partial charge in [0.15, 0.2) is 0 Å². The lowest BCUT2D eigenvalue weighted by Crippen LogP contribution is -2.39. The molecule has 0 amide bonds. The average Bonchev–Trinajstić information content (AvgIpc) is 2.70. The summed E-state index contributed by atoms with van der Waals surface area (Å²) in [6.45, 7) is 5.45. The molecule has 27 heavy (non-hydrogen) atoms. The summed E-state index contributed by atoms with van der Waals surface area (Å²) < 4.78 is 18.5. The Morgan fingerprint density at radius 1 is 1.19 bits per heavy atom. The van der Waals surface area contributed by atoms with Crippen molar-refractivity contribution >= 4 is 5.95 Å². The number of benzene rings is 1. The lowest BCUT2D eigenvalue weighted by Gasteiger charge is -2.33. The average molecular weight is 372 g/mol. The molecular formula is C20H25FN4O2. The zero-order chi connectivity index (χ0) is 18.6. The number of hydrogen-bond acceptors (Lipinski definition) is 5. The van der Waals surface area contributed by atoms with E-state index in [2.05, 4.69) is 14.8 Å². The number of aromatic nitrogens is 2. The Hall–Kier alpha value is -2.25. The van der Waals surface area contributed by atoms with E-state index in [4.69, 9.17) is 9.72 Å². The first-order valence-corrected chi connectivity index (χ1v) is 9.58. The predicted octanol–water partition coefficient (Wildman–Crippen LogP) is 2.13. The van der Waals surface area contributed by atoms with E-state index in [1.54, 1.807) is 6.07 Å². The molecule has 3 heterocycles. The van der Waals surface area contributed by atoms with Crippen LogP contribution in [0, 0.1) is 5.82 Å². The van der Waals surface area contributed by atoms with Crippen LogP contribution in [0.1, 0.15) is 30.0 Å². The van der Waals surface area contributed by atoms with Crippen molar-refractivity contribution in [2.75, 3.05) is 44.3 Å². The SMILES string of the molecule is O=c1cc(C2CCCN(Cc3ccc(F)cc3)C2)nc(N2CCOCC2)[nH]1. The molecule has 2 aliphatic rings. The Bertz CT molecular complexity index is 817. The van der Waals surface area contributed by atoms with Crippen LogP contribution in [0.15, 0.2) is 35.1 Å². The zero-order valence-electron chi connectivity index (χ0n) is 15.4.